The summed E-state index contributed by atoms with van der Waals surface area (Å²) in [5, 5.41) is 6.22. The quantitative estimate of drug-likeness (QED) is 0.643. The zero-order valence-corrected chi connectivity index (χ0v) is 11.7. The van der Waals surface area contributed by atoms with Crippen molar-refractivity contribution >= 4 is 21.8 Å². The van der Waals surface area contributed by atoms with Crippen molar-refractivity contribution in [2.24, 2.45) is 0 Å². The number of amides is 1. The summed E-state index contributed by atoms with van der Waals surface area (Å²) < 4.78 is 5.37. The van der Waals surface area contributed by atoms with Gasteiger partial charge < -0.3 is 15.4 Å². The van der Waals surface area contributed by atoms with Gasteiger partial charge in [-0.1, -0.05) is 22.0 Å². The molecule has 1 aliphatic rings. The predicted molar refractivity (Wildman–Crippen MR) is 71.6 cm³/mol. The molecule has 1 saturated heterocycles. The fraction of sp³-hybridized carbons (Fsp3) is 0.500. The molecule has 3 atom stereocenters. The highest BCUT2D eigenvalue weighted by Crippen LogP contribution is 2.16. The van der Waals surface area contributed by atoms with E-state index in [1.807, 2.05) is 0 Å². The molecule has 98 valence electrons. The Bertz CT molecular complexity index is 402. The van der Waals surface area contributed by atoms with E-state index in [0.717, 1.165) is 6.42 Å². The molecule has 0 aromatic carbocycles. The molecule has 1 fully saturated rings. The standard InChI is InChI=1S/C12H16BrN3O2/c1-18-10-7-15-11(13)6-9(10)16-12(17)8-4-2-3-5-14-8/h2-5,9-11,15H,6-7H2,1H3,(H,16,17). The van der Waals surface area contributed by atoms with Crippen LogP contribution in [0, 0.1) is 0 Å². The normalized spacial score (nSPS) is 27.8. The number of rotatable bonds is 3. The Morgan fingerprint density at radius 1 is 1.61 bits per heavy atom. The Hall–Kier alpha value is -0.980. The summed E-state index contributed by atoms with van der Waals surface area (Å²) in [5.41, 5.74) is 0.428. The minimum absolute atomic E-state index is 0.0184. The van der Waals surface area contributed by atoms with E-state index in [-0.39, 0.29) is 23.0 Å². The lowest BCUT2D eigenvalue weighted by Gasteiger charge is -2.34. The summed E-state index contributed by atoms with van der Waals surface area (Å²) in [6, 6.07) is 5.26. The van der Waals surface area contributed by atoms with Gasteiger partial charge >= 0.3 is 0 Å². The second-order valence-electron chi connectivity index (χ2n) is 4.18. The fourth-order valence-corrected chi connectivity index (χ4v) is 2.57. The second kappa shape index (κ2) is 6.26. The first-order valence-corrected chi connectivity index (χ1v) is 6.74. The first-order chi connectivity index (χ1) is 8.70. The highest BCUT2D eigenvalue weighted by molar-refractivity contribution is 9.09. The molecule has 0 bridgehead atoms. The predicted octanol–water partition coefficient (Wildman–Crippen LogP) is 0.909. The van der Waals surface area contributed by atoms with Gasteiger partial charge in [0, 0.05) is 19.9 Å². The number of hydrogen-bond donors (Lipinski definition) is 2. The van der Waals surface area contributed by atoms with Gasteiger partial charge in [0.15, 0.2) is 0 Å². The molecule has 0 spiro atoms. The molecular weight excluding hydrogens is 298 g/mol. The maximum absolute atomic E-state index is 12.0. The number of halogens is 1. The van der Waals surface area contributed by atoms with Gasteiger partial charge in [0.05, 0.1) is 17.1 Å². The number of aromatic nitrogens is 1. The van der Waals surface area contributed by atoms with Crippen LogP contribution < -0.4 is 10.6 Å². The van der Waals surface area contributed by atoms with Gasteiger partial charge in [-0.15, -0.1) is 0 Å². The maximum atomic E-state index is 12.0. The van der Waals surface area contributed by atoms with Crippen LogP contribution >= 0.6 is 15.9 Å². The van der Waals surface area contributed by atoms with E-state index in [4.69, 9.17) is 4.74 Å². The van der Waals surface area contributed by atoms with Crippen LogP contribution in [-0.4, -0.2) is 41.6 Å². The number of carbonyl (C=O) groups excluding carboxylic acids is 1. The summed E-state index contributed by atoms with van der Waals surface area (Å²) in [7, 11) is 1.65. The van der Waals surface area contributed by atoms with Crippen molar-refractivity contribution in [3.63, 3.8) is 0 Å². The van der Waals surface area contributed by atoms with Crippen molar-refractivity contribution in [1.29, 1.82) is 0 Å². The highest BCUT2D eigenvalue weighted by Gasteiger charge is 2.30. The molecule has 5 nitrogen and oxygen atoms in total. The monoisotopic (exact) mass is 313 g/mol. The van der Waals surface area contributed by atoms with Crippen LogP contribution in [0.15, 0.2) is 24.4 Å². The Morgan fingerprint density at radius 3 is 3.11 bits per heavy atom. The van der Waals surface area contributed by atoms with Gasteiger partial charge in [-0.25, -0.2) is 0 Å². The lowest BCUT2D eigenvalue weighted by Crippen LogP contribution is -2.55. The number of alkyl halides is 1. The Morgan fingerprint density at radius 2 is 2.44 bits per heavy atom. The average molecular weight is 314 g/mol. The first kappa shape index (κ1) is 13.5. The van der Waals surface area contributed by atoms with E-state index in [1.54, 1.807) is 31.5 Å². The van der Waals surface area contributed by atoms with Crippen LogP contribution in [0.2, 0.25) is 0 Å². The largest absolute Gasteiger partial charge is 0.378 e. The molecule has 2 rings (SSSR count). The lowest BCUT2D eigenvalue weighted by atomic mass is 10.0. The molecule has 2 N–H and O–H groups in total. The number of carbonyl (C=O) groups is 1. The maximum Gasteiger partial charge on any atom is 0.270 e. The van der Waals surface area contributed by atoms with Gasteiger partial charge in [0.1, 0.15) is 5.69 Å². The zero-order chi connectivity index (χ0) is 13.0. The summed E-state index contributed by atoms with van der Waals surface area (Å²) in [4.78, 5) is 16.2. The van der Waals surface area contributed by atoms with E-state index >= 15 is 0 Å². The molecule has 1 aromatic rings. The van der Waals surface area contributed by atoms with Gasteiger partial charge in [0.2, 0.25) is 0 Å². The van der Waals surface area contributed by atoms with Crippen molar-refractivity contribution < 1.29 is 9.53 Å². The van der Waals surface area contributed by atoms with E-state index in [2.05, 4.69) is 31.5 Å². The van der Waals surface area contributed by atoms with Crippen molar-refractivity contribution in [3.05, 3.63) is 30.1 Å². The number of pyridine rings is 1. The number of piperidine rings is 1. The molecule has 0 saturated carbocycles. The number of ether oxygens (including phenoxy) is 1. The molecular formula is C12H16BrN3O2. The molecule has 0 aliphatic carbocycles. The van der Waals surface area contributed by atoms with Gasteiger partial charge in [-0.05, 0) is 18.6 Å². The lowest BCUT2D eigenvalue weighted by molar-refractivity contribution is 0.0455. The molecule has 1 amide bonds. The Labute approximate surface area is 114 Å². The topological polar surface area (TPSA) is 63.2 Å². The van der Waals surface area contributed by atoms with Gasteiger partial charge in [0.25, 0.3) is 5.91 Å². The third-order valence-corrected chi connectivity index (χ3v) is 3.66. The van der Waals surface area contributed by atoms with Crippen molar-refractivity contribution in [1.82, 2.24) is 15.6 Å². The molecule has 6 heteroatoms. The van der Waals surface area contributed by atoms with Crippen LogP contribution in [0.25, 0.3) is 0 Å². The molecule has 3 unspecified atom stereocenters. The van der Waals surface area contributed by atoms with Gasteiger partial charge in [-0.3, -0.25) is 9.78 Å². The van der Waals surface area contributed by atoms with E-state index in [0.29, 0.717) is 12.2 Å². The zero-order valence-electron chi connectivity index (χ0n) is 10.1. The minimum Gasteiger partial charge on any atom is -0.378 e. The van der Waals surface area contributed by atoms with E-state index < -0.39 is 0 Å². The Kier molecular flexibility index (Phi) is 4.68. The van der Waals surface area contributed by atoms with E-state index in [9.17, 15) is 4.79 Å². The Balaban J connectivity index is 2.01. The average Bonchev–Trinajstić information content (AvgIpc) is 2.40. The SMILES string of the molecule is COC1CNC(Br)CC1NC(=O)c1ccccn1. The van der Waals surface area contributed by atoms with Gasteiger partial charge in [-0.2, -0.15) is 0 Å². The number of nitrogens with zero attached hydrogens (tertiary/aromatic N) is 1. The molecule has 1 aliphatic heterocycles. The number of hydrogen-bond acceptors (Lipinski definition) is 4. The summed E-state index contributed by atoms with van der Waals surface area (Å²) in [6.07, 6.45) is 2.36. The summed E-state index contributed by atoms with van der Waals surface area (Å²) in [6.45, 7) is 0.708. The molecule has 2 heterocycles. The number of nitrogens with one attached hydrogen (secondary N) is 2. The van der Waals surface area contributed by atoms with Crippen LogP contribution in [0.4, 0.5) is 0 Å². The second-order valence-corrected chi connectivity index (χ2v) is 5.29. The summed E-state index contributed by atoms with van der Waals surface area (Å²) >= 11 is 3.50. The van der Waals surface area contributed by atoms with E-state index in [1.165, 1.54) is 0 Å². The minimum atomic E-state index is -0.163. The summed E-state index contributed by atoms with van der Waals surface area (Å²) in [5.74, 6) is -0.163. The highest BCUT2D eigenvalue weighted by atomic mass is 79.9. The van der Waals surface area contributed by atoms with Crippen LogP contribution in [0.3, 0.4) is 0 Å². The van der Waals surface area contributed by atoms with Crippen LogP contribution in [-0.2, 0) is 4.74 Å². The third-order valence-electron chi connectivity index (χ3n) is 2.97. The van der Waals surface area contributed by atoms with Crippen molar-refractivity contribution in [3.8, 4) is 0 Å². The van der Waals surface area contributed by atoms with Crippen LogP contribution in [0.1, 0.15) is 16.9 Å². The molecule has 0 radical (unpaired) electrons. The van der Waals surface area contributed by atoms with Crippen LogP contribution in [0.5, 0.6) is 0 Å². The fourth-order valence-electron chi connectivity index (χ4n) is 1.98. The molecule has 18 heavy (non-hydrogen) atoms. The third kappa shape index (κ3) is 3.28. The first-order valence-electron chi connectivity index (χ1n) is 5.83. The van der Waals surface area contributed by atoms with Crippen molar-refractivity contribution in [2.75, 3.05) is 13.7 Å². The smallest absolute Gasteiger partial charge is 0.270 e. The molecule has 1 aromatic heterocycles. The van der Waals surface area contributed by atoms with Crippen molar-refractivity contribution in [2.45, 2.75) is 23.5 Å². The number of methoxy groups -OCH3 is 1.